The van der Waals surface area contributed by atoms with Gasteiger partial charge in [0, 0.05) is 0 Å². The molecule has 0 aliphatic rings. The first-order chi connectivity index (χ1) is 0. The first-order valence-electron chi connectivity index (χ1n) is 0. The molecule has 0 nitrogen and oxygen atoms in total. The molecule has 0 N–H and O–H groups in total. The molecule has 0 aliphatic carbocycles. The summed E-state index contributed by atoms with van der Waals surface area (Å²) in [7, 11) is 0. The van der Waals surface area contributed by atoms with Crippen LogP contribution in [0, 0.1) is 0 Å². The van der Waals surface area contributed by atoms with Crippen LogP contribution < -0.4 is 0 Å². The minimum atomic E-state index is 0. The summed E-state index contributed by atoms with van der Waals surface area (Å²) in [5.74, 6) is 0. The van der Waals surface area contributed by atoms with Crippen molar-refractivity contribution in [3.05, 3.63) is 0 Å². The summed E-state index contributed by atoms with van der Waals surface area (Å²) in [4.78, 5) is 0. The van der Waals surface area contributed by atoms with E-state index in [1.165, 1.54) is 0 Å². The Morgan fingerprint density at radius 3 is 1.25 bits per heavy atom. The normalized spacial score (nSPS) is 0. The van der Waals surface area contributed by atoms with Crippen molar-refractivity contribution < 1.29 is 2.85 Å². The Bertz CT molecular complexity index is 13.5. The van der Waals surface area contributed by atoms with Gasteiger partial charge in [-0.2, -0.15) is 0 Å². The monoisotopic (exact) mass is 418 g/mol. The van der Waals surface area contributed by atoms with Crippen molar-refractivity contribution in [1.29, 1.82) is 0 Å². The van der Waals surface area contributed by atoms with Crippen molar-refractivity contribution in [3.63, 3.8) is 0 Å². The van der Waals surface area contributed by atoms with Gasteiger partial charge in [0.1, 0.15) is 0 Å². The van der Waals surface area contributed by atoms with Crippen molar-refractivity contribution in [2.24, 2.45) is 0 Å². The first kappa shape index (κ1) is 25.7. The van der Waals surface area contributed by atoms with Gasteiger partial charge >= 0.3 is 110 Å². The van der Waals surface area contributed by atoms with Crippen molar-refractivity contribution in [2.45, 2.75) is 0 Å². The van der Waals surface area contributed by atoms with E-state index in [-0.39, 0.29) is 113 Å². The van der Waals surface area contributed by atoms with Crippen molar-refractivity contribution >= 4 is 110 Å². The van der Waals surface area contributed by atoms with Gasteiger partial charge in [-0.05, 0) is 0 Å². The van der Waals surface area contributed by atoms with Crippen LogP contribution in [-0.4, -0.2) is 110 Å². The van der Waals surface area contributed by atoms with Crippen molar-refractivity contribution in [3.8, 4) is 0 Å². The first-order valence-corrected chi connectivity index (χ1v) is 0. The molecule has 0 rings (SSSR count). The molecule has 0 heterocycles. The topological polar surface area (TPSA) is 0 Å². The van der Waals surface area contributed by atoms with Gasteiger partial charge in [0.25, 0.3) is 0 Å². The van der Waals surface area contributed by atoms with Gasteiger partial charge in [-0.3, -0.25) is 0 Å². The Kier molecular flexibility index (Phi) is 103. The minimum absolute atomic E-state index is 0. The van der Waals surface area contributed by atoms with E-state index in [9.17, 15) is 0 Å². The van der Waals surface area contributed by atoms with Crippen LogP contribution in [0.2, 0.25) is 0 Å². The Labute approximate surface area is 110 Å². The predicted octanol–water partition coefficient (Wildman–Crippen LogP) is -3.44. The molecular weight excluding hydrogens is 408 g/mol. The molecule has 0 spiro atoms. The van der Waals surface area contributed by atoms with Crippen LogP contribution in [0.5, 0.6) is 0 Å². The summed E-state index contributed by atoms with van der Waals surface area (Å²) in [5, 5.41) is 0. The molecule has 0 saturated carbocycles. The van der Waals surface area contributed by atoms with E-state index in [2.05, 4.69) is 0 Å². The second-order valence-corrected chi connectivity index (χ2v) is 0. The molecule has 0 amide bonds. The summed E-state index contributed by atoms with van der Waals surface area (Å²) in [6.07, 6.45) is 0. The third-order valence-corrected chi connectivity index (χ3v) is 0. The fraction of sp³-hybridized carbons (Fsp3) is 0. The van der Waals surface area contributed by atoms with Gasteiger partial charge in [0.05, 0.1) is 0 Å². The van der Waals surface area contributed by atoms with Crippen molar-refractivity contribution in [2.75, 3.05) is 0 Å². The average molecular weight is 418 g/mol. The van der Waals surface area contributed by atoms with Gasteiger partial charge in [-0.25, -0.2) is 0 Å². The van der Waals surface area contributed by atoms with Crippen LogP contribution in [-0.2, 0) is 0 Å². The molecule has 0 atom stereocenters. The van der Waals surface area contributed by atoms with Crippen LogP contribution in [0.4, 0.5) is 0 Å². The van der Waals surface area contributed by atoms with Gasteiger partial charge in [0.15, 0.2) is 0 Å². The third-order valence-electron chi connectivity index (χ3n) is 0. The fourth-order valence-electron chi connectivity index (χ4n) is 0. The van der Waals surface area contributed by atoms with Crippen LogP contribution in [0.25, 0.3) is 0 Å². The van der Waals surface area contributed by atoms with Crippen molar-refractivity contribution in [1.82, 2.24) is 0 Å². The summed E-state index contributed by atoms with van der Waals surface area (Å²) in [5.41, 5.74) is 0. The molecule has 0 aromatic carbocycles. The number of rotatable bonds is 0. The van der Waals surface area contributed by atoms with Crippen LogP contribution >= 0.6 is 0 Å². The summed E-state index contributed by atoms with van der Waals surface area (Å²) in [6.45, 7) is 0. The fourth-order valence-corrected chi connectivity index (χ4v) is 0. The Morgan fingerprint density at radius 1 is 1.25 bits per heavy atom. The third kappa shape index (κ3) is 9.11. The molecule has 26 valence electrons. The van der Waals surface area contributed by atoms with Gasteiger partial charge < -0.3 is 2.85 Å². The molecular formula is H10BaGaSbSe. The van der Waals surface area contributed by atoms with Gasteiger partial charge in [-0.15, -0.1) is 0 Å². The average Bonchev–Trinajstić information content (AvgIpc) is 0. The predicted molar refractivity (Wildman–Crippen MR) is 36.4 cm³/mol. The van der Waals surface area contributed by atoms with Gasteiger partial charge in [-0.1, -0.05) is 0 Å². The van der Waals surface area contributed by atoms with E-state index in [0.717, 1.165) is 0 Å². The standard InChI is InChI=1S/Ba.Ga.Sb.H2Se.8H/h;;;1H2;;;;;;;;/q+2;;;;;;;;;;2*-1. The number of hydrogen-bond donors (Lipinski definition) is 0. The van der Waals surface area contributed by atoms with E-state index in [1.807, 2.05) is 0 Å². The summed E-state index contributed by atoms with van der Waals surface area (Å²) >= 11 is 0. The molecule has 0 aromatic rings. The van der Waals surface area contributed by atoms with Crippen LogP contribution in [0.3, 0.4) is 0 Å². The van der Waals surface area contributed by atoms with Gasteiger partial charge in [0.2, 0.25) is 0 Å². The van der Waals surface area contributed by atoms with E-state index >= 15 is 0 Å². The van der Waals surface area contributed by atoms with Crippen LogP contribution in [0.15, 0.2) is 0 Å². The number of hydrogen-bond acceptors (Lipinski definition) is 0. The maximum absolute atomic E-state index is 0. The van der Waals surface area contributed by atoms with E-state index in [4.69, 9.17) is 0 Å². The second-order valence-electron chi connectivity index (χ2n) is 0. The molecule has 0 saturated heterocycles. The second kappa shape index (κ2) is 16.0. The Balaban J connectivity index is 0. The molecule has 4 heteroatoms. The zero-order valence-corrected chi connectivity index (χ0v) is 12.5. The Morgan fingerprint density at radius 2 is 1.25 bits per heavy atom. The molecule has 0 fully saturated rings. The quantitative estimate of drug-likeness (QED) is 0.360. The van der Waals surface area contributed by atoms with E-state index in [0.29, 0.717) is 0 Å². The van der Waals surface area contributed by atoms with E-state index in [1.54, 1.807) is 0 Å². The Hall–Kier alpha value is 3.55. The molecule has 4 heavy (non-hydrogen) atoms. The summed E-state index contributed by atoms with van der Waals surface area (Å²) in [6, 6.07) is 0. The molecule has 0 radical (unpaired) electrons. The maximum atomic E-state index is 0. The molecule has 0 aliphatic heterocycles. The van der Waals surface area contributed by atoms with Crippen LogP contribution in [0.1, 0.15) is 2.85 Å². The summed E-state index contributed by atoms with van der Waals surface area (Å²) < 4.78 is 0. The molecule has 0 unspecified atom stereocenters. The zero-order valence-electron chi connectivity index (χ0n) is 3.91. The van der Waals surface area contributed by atoms with E-state index < -0.39 is 0 Å². The SMILES string of the molecule is [Ba+2].[GaH3].[H-].[H-].[SbH3].[SeH2]. The molecule has 0 bridgehead atoms. The zero-order chi connectivity index (χ0) is 0. The molecule has 0 aromatic heterocycles.